The Hall–Kier alpha value is 0. The van der Waals surface area contributed by atoms with E-state index in [4.69, 9.17) is 0 Å². The molecule has 0 N–H and O–H groups in total. The van der Waals surface area contributed by atoms with Gasteiger partial charge in [-0.25, -0.2) is 0 Å². The van der Waals surface area contributed by atoms with Crippen LogP contribution in [0.15, 0.2) is 0 Å². The fraction of sp³-hybridized carbons (Fsp3) is 1.00. The lowest BCUT2D eigenvalue weighted by Crippen LogP contribution is -2.31. The first-order chi connectivity index (χ1) is 13.3. The molecule has 0 aliphatic heterocycles. The van der Waals surface area contributed by atoms with Crippen molar-refractivity contribution in [3.63, 3.8) is 0 Å². The van der Waals surface area contributed by atoms with E-state index in [1.165, 1.54) is 96.3 Å². The zero-order chi connectivity index (χ0) is 20.6. The molecule has 3 saturated carbocycles. The van der Waals surface area contributed by atoms with E-state index in [-0.39, 0.29) is 14.9 Å². The molecule has 0 atom stereocenters. The molecule has 3 rings (SSSR count). The van der Waals surface area contributed by atoms with E-state index < -0.39 is 0 Å². The molecule has 0 amide bonds. The van der Waals surface area contributed by atoms with Gasteiger partial charge in [0.1, 0.15) is 0 Å². The summed E-state index contributed by atoms with van der Waals surface area (Å²) < 4.78 is 0. The molecule has 0 nitrogen and oxygen atoms in total. The van der Waals surface area contributed by atoms with Crippen molar-refractivity contribution in [3.8, 4) is 0 Å². The van der Waals surface area contributed by atoms with Crippen LogP contribution in [-0.2, 0) is 0 Å². The molecule has 3 aliphatic rings. The van der Waals surface area contributed by atoms with Crippen LogP contribution in [0.2, 0.25) is 0 Å². The Balaban J connectivity index is 0.000000604. The maximum atomic E-state index is 2.56. The van der Waals surface area contributed by atoms with E-state index >= 15 is 0 Å². The molecule has 0 heteroatoms. The molecule has 3 aliphatic carbocycles. The predicted molar refractivity (Wildman–Crippen MR) is 140 cm³/mol. The van der Waals surface area contributed by atoms with Crippen molar-refractivity contribution in [2.45, 2.75) is 153 Å². The summed E-state index contributed by atoms with van der Waals surface area (Å²) in [6, 6.07) is 0. The molecule has 0 unspecified atom stereocenters. The Morgan fingerprint density at radius 3 is 1.23 bits per heavy atom. The van der Waals surface area contributed by atoms with Gasteiger partial charge in [-0.2, -0.15) is 0 Å². The smallest absolute Gasteiger partial charge is 0.0323 e. The number of rotatable bonds is 5. The van der Waals surface area contributed by atoms with E-state index in [1.807, 2.05) is 0 Å². The first-order valence-corrected chi connectivity index (χ1v) is 13.3. The molecule has 0 saturated heterocycles. The maximum Gasteiger partial charge on any atom is -0.0323 e. The van der Waals surface area contributed by atoms with Crippen molar-refractivity contribution < 1.29 is 0 Å². The van der Waals surface area contributed by atoms with E-state index in [2.05, 4.69) is 41.5 Å². The third-order valence-corrected chi connectivity index (χ3v) is 9.19. The number of hydrogen-bond acceptors (Lipinski definition) is 0. The monoisotopic (exact) mass is 422 g/mol. The Bertz CT molecular complexity index is 372. The molecule has 0 radical (unpaired) electrons. The van der Waals surface area contributed by atoms with Gasteiger partial charge in [-0.05, 0) is 60.2 Å². The second-order valence-electron chi connectivity index (χ2n) is 12.0. The zero-order valence-corrected chi connectivity index (χ0v) is 20.6. The summed E-state index contributed by atoms with van der Waals surface area (Å²) in [7, 11) is 0. The summed E-state index contributed by atoms with van der Waals surface area (Å²) in [5.74, 6) is 6.18. The zero-order valence-electron chi connectivity index (χ0n) is 20.6. The lowest BCUT2D eigenvalue weighted by molar-refractivity contribution is 0.0924. The SMILES string of the molecule is C.C.CC1CCC(CC(C)(C)C2CCC(C)CC2)CC1.CCC1CCC(CC)CC1. The van der Waals surface area contributed by atoms with Crippen LogP contribution in [-0.4, -0.2) is 0 Å². The molecule has 182 valence electrons. The van der Waals surface area contributed by atoms with Crippen LogP contribution in [0, 0.1) is 40.9 Å². The van der Waals surface area contributed by atoms with Crippen LogP contribution in [0.25, 0.3) is 0 Å². The topological polar surface area (TPSA) is 0 Å². The highest BCUT2D eigenvalue weighted by molar-refractivity contribution is 4.85. The van der Waals surface area contributed by atoms with Gasteiger partial charge in [0, 0.05) is 0 Å². The van der Waals surface area contributed by atoms with Crippen molar-refractivity contribution in [3.05, 3.63) is 0 Å². The largest absolute Gasteiger partial charge is 0.0776 e. The first-order valence-electron chi connectivity index (χ1n) is 13.3. The van der Waals surface area contributed by atoms with Crippen molar-refractivity contribution in [2.75, 3.05) is 0 Å². The molecule has 30 heavy (non-hydrogen) atoms. The average molecular weight is 423 g/mol. The first kappa shape index (κ1) is 30.0. The van der Waals surface area contributed by atoms with Gasteiger partial charge in [-0.1, -0.05) is 133 Å². The quantitative estimate of drug-likeness (QED) is 0.413. The number of hydrogen-bond donors (Lipinski definition) is 0. The second-order valence-corrected chi connectivity index (χ2v) is 12.0. The van der Waals surface area contributed by atoms with Crippen LogP contribution < -0.4 is 0 Å². The normalized spacial score (nSPS) is 34.6. The minimum atomic E-state index is 0. The molecule has 0 heterocycles. The van der Waals surface area contributed by atoms with Crippen LogP contribution in [0.3, 0.4) is 0 Å². The van der Waals surface area contributed by atoms with Crippen molar-refractivity contribution >= 4 is 0 Å². The van der Waals surface area contributed by atoms with Gasteiger partial charge in [-0.3, -0.25) is 0 Å². The predicted octanol–water partition coefficient (Wildman–Crippen LogP) is 10.9. The molecule has 0 aromatic heterocycles. The molecule has 0 aromatic rings. The molecule has 3 fully saturated rings. The lowest BCUT2D eigenvalue weighted by atomic mass is 9.64. The van der Waals surface area contributed by atoms with E-state index in [1.54, 1.807) is 0 Å². The van der Waals surface area contributed by atoms with E-state index in [0.717, 1.165) is 35.5 Å². The van der Waals surface area contributed by atoms with E-state index in [0.29, 0.717) is 5.41 Å². The van der Waals surface area contributed by atoms with Crippen LogP contribution in [0.4, 0.5) is 0 Å². The van der Waals surface area contributed by atoms with Gasteiger partial charge >= 0.3 is 0 Å². The minimum absolute atomic E-state index is 0. The van der Waals surface area contributed by atoms with E-state index in [9.17, 15) is 0 Å². The average Bonchev–Trinajstić information content (AvgIpc) is 2.70. The highest BCUT2D eigenvalue weighted by atomic mass is 14.4. The lowest BCUT2D eigenvalue weighted by Gasteiger charge is -2.42. The molecular formula is C30H62. The Labute approximate surface area is 193 Å². The fourth-order valence-electron chi connectivity index (χ4n) is 6.53. The van der Waals surface area contributed by atoms with Crippen LogP contribution in [0.5, 0.6) is 0 Å². The molecule has 0 bridgehead atoms. The third-order valence-electron chi connectivity index (χ3n) is 9.19. The third kappa shape index (κ3) is 10.1. The maximum absolute atomic E-state index is 2.56. The van der Waals surface area contributed by atoms with Crippen molar-refractivity contribution in [1.82, 2.24) is 0 Å². The summed E-state index contributed by atoms with van der Waals surface area (Å²) in [5, 5.41) is 0. The van der Waals surface area contributed by atoms with Gasteiger partial charge in [0.15, 0.2) is 0 Å². The fourth-order valence-corrected chi connectivity index (χ4v) is 6.53. The highest BCUT2D eigenvalue weighted by Gasteiger charge is 2.34. The van der Waals surface area contributed by atoms with Crippen molar-refractivity contribution in [2.24, 2.45) is 40.9 Å². The Morgan fingerprint density at radius 1 is 0.533 bits per heavy atom. The molecule has 0 aromatic carbocycles. The van der Waals surface area contributed by atoms with Crippen LogP contribution in [0.1, 0.15) is 153 Å². The molecule has 0 spiro atoms. The van der Waals surface area contributed by atoms with Gasteiger partial charge < -0.3 is 0 Å². The Kier molecular flexibility index (Phi) is 14.9. The minimum Gasteiger partial charge on any atom is -0.0776 e. The second kappa shape index (κ2) is 14.9. The van der Waals surface area contributed by atoms with Crippen LogP contribution >= 0.6 is 0 Å². The standard InChI is InChI=1S/C18H34.C10H20.2CH4/c1-14-5-9-16(10-6-14)13-18(3,4)17-11-7-15(2)8-12-17;1-3-9-5-7-10(4-2)8-6-9;;/h14-17H,5-13H2,1-4H3;9-10H,3-8H2,1-2H3;2*1H4. The highest BCUT2D eigenvalue weighted by Crippen LogP contribution is 2.46. The van der Waals surface area contributed by atoms with Gasteiger partial charge in [0.2, 0.25) is 0 Å². The van der Waals surface area contributed by atoms with Gasteiger partial charge in [-0.15, -0.1) is 0 Å². The summed E-state index contributed by atoms with van der Waals surface area (Å²) in [6.07, 6.45) is 22.3. The Morgan fingerprint density at radius 2 is 0.867 bits per heavy atom. The molecular weight excluding hydrogens is 360 g/mol. The summed E-state index contributed by atoms with van der Waals surface area (Å²) in [4.78, 5) is 0. The summed E-state index contributed by atoms with van der Waals surface area (Å²) in [6.45, 7) is 14.7. The summed E-state index contributed by atoms with van der Waals surface area (Å²) in [5.41, 5.74) is 0.603. The van der Waals surface area contributed by atoms with Gasteiger partial charge in [0.05, 0.1) is 0 Å². The van der Waals surface area contributed by atoms with Crippen molar-refractivity contribution in [1.29, 1.82) is 0 Å². The van der Waals surface area contributed by atoms with Gasteiger partial charge in [0.25, 0.3) is 0 Å². The summed E-state index contributed by atoms with van der Waals surface area (Å²) >= 11 is 0.